The molecule has 1 heterocycles. The van der Waals surface area contributed by atoms with Crippen LogP contribution >= 0.6 is 0 Å². The van der Waals surface area contributed by atoms with Gasteiger partial charge in [-0.05, 0) is 11.6 Å². The summed E-state index contributed by atoms with van der Waals surface area (Å²) in [6.07, 6.45) is 3.87. The lowest BCUT2D eigenvalue weighted by Gasteiger charge is -2.05. The summed E-state index contributed by atoms with van der Waals surface area (Å²) in [6, 6.07) is 1.44. The third kappa shape index (κ3) is 3.32. The van der Waals surface area contributed by atoms with Gasteiger partial charge >= 0.3 is 5.97 Å². The van der Waals surface area contributed by atoms with Crippen LogP contribution in [0.3, 0.4) is 0 Å². The van der Waals surface area contributed by atoms with Crippen molar-refractivity contribution in [1.29, 1.82) is 0 Å². The molecule has 0 bridgehead atoms. The maximum absolute atomic E-state index is 11.3. The third-order valence-electron chi connectivity index (χ3n) is 1.73. The summed E-state index contributed by atoms with van der Waals surface area (Å²) < 4.78 is 26.7. The number of hydrogen-bond acceptors (Lipinski definition) is 5. The molecule has 0 spiro atoms. The highest BCUT2D eigenvalue weighted by Crippen LogP contribution is 2.11. The van der Waals surface area contributed by atoms with Gasteiger partial charge in [0, 0.05) is 18.6 Å². The van der Waals surface area contributed by atoms with Gasteiger partial charge < -0.3 is 4.74 Å². The molecule has 0 saturated heterocycles. The van der Waals surface area contributed by atoms with Gasteiger partial charge in [0.2, 0.25) is 0 Å². The first-order valence-electron chi connectivity index (χ1n) is 4.13. The number of sulfone groups is 1. The van der Waals surface area contributed by atoms with Crippen LogP contribution in [0.15, 0.2) is 18.5 Å². The Morgan fingerprint density at radius 1 is 1.53 bits per heavy atom. The van der Waals surface area contributed by atoms with Crippen molar-refractivity contribution in [3.8, 4) is 0 Å². The van der Waals surface area contributed by atoms with E-state index in [-0.39, 0.29) is 11.3 Å². The molecule has 0 fully saturated rings. The molecule has 0 unspecified atom stereocenters. The predicted octanol–water partition coefficient (Wildman–Crippen LogP) is 0.413. The average molecular weight is 229 g/mol. The first kappa shape index (κ1) is 11.6. The average Bonchev–Trinajstić information content (AvgIpc) is 2.15. The van der Waals surface area contributed by atoms with Gasteiger partial charge in [-0.1, -0.05) is 0 Å². The topological polar surface area (TPSA) is 73.3 Å². The zero-order chi connectivity index (χ0) is 11.5. The minimum atomic E-state index is -3.19. The summed E-state index contributed by atoms with van der Waals surface area (Å²) in [4.78, 5) is 15.0. The monoisotopic (exact) mass is 229 g/mol. The van der Waals surface area contributed by atoms with Crippen LogP contribution in [0.2, 0.25) is 0 Å². The number of hydrogen-bond donors (Lipinski definition) is 0. The van der Waals surface area contributed by atoms with Crippen LogP contribution in [0.5, 0.6) is 0 Å². The van der Waals surface area contributed by atoms with E-state index >= 15 is 0 Å². The number of pyridine rings is 1. The van der Waals surface area contributed by atoms with Crippen LogP contribution in [-0.4, -0.2) is 32.7 Å². The van der Waals surface area contributed by atoms with E-state index in [4.69, 9.17) is 0 Å². The molecule has 82 valence electrons. The van der Waals surface area contributed by atoms with Gasteiger partial charge in [-0.25, -0.2) is 13.2 Å². The number of aromatic nitrogens is 1. The highest BCUT2D eigenvalue weighted by Gasteiger charge is 2.15. The van der Waals surface area contributed by atoms with Gasteiger partial charge in [-0.2, -0.15) is 0 Å². The molecule has 0 amide bonds. The van der Waals surface area contributed by atoms with Crippen LogP contribution < -0.4 is 0 Å². The van der Waals surface area contributed by atoms with E-state index in [1.807, 2.05) is 0 Å². The van der Waals surface area contributed by atoms with Gasteiger partial charge in [0.25, 0.3) is 0 Å². The molecule has 0 aliphatic rings. The quantitative estimate of drug-likeness (QED) is 0.702. The van der Waals surface area contributed by atoms with Crippen molar-refractivity contribution in [1.82, 2.24) is 4.98 Å². The zero-order valence-corrected chi connectivity index (χ0v) is 9.24. The van der Waals surface area contributed by atoms with E-state index < -0.39 is 15.8 Å². The number of methoxy groups -OCH3 is 1. The highest BCUT2D eigenvalue weighted by molar-refractivity contribution is 7.89. The molecule has 0 atom stereocenters. The van der Waals surface area contributed by atoms with Crippen molar-refractivity contribution in [3.63, 3.8) is 0 Å². The Hall–Kier alpha value is -1.43. The van der Waals surface area contributed by atoms with E-state index in [2.05, 4.69) is 9.72 Å². The highest BCUT2D eigenvalue weighted by atomic mass is 32.2. The molecule has 0 aliphatic heterocycles. The number of ether oxygens (including phenoxy) is 1. The third-order valence-corrected chi connectivity index (χ3v) is 2.56. The first-order valence-corrected chi connectivity index (χ1v) is 6.19. The summed E-state index contributed by atoms with van der Waals surface area (Å²) in [5.41, 5.74) is 0.588. The number of rotatable bonds is 3. The number of nitrogens with zero attached hydrogens (tertiary/aromatic N) is 1. The minimum Gasteiger partial charge on any atom is -0.465 e. The Bertz CT molecular complexity index is 467. The summed E-state index contributed by atoms with van der Waals surface area (Å²) in [6.45, 7) is 0. The normalized spacial score (nSPS) is 11.1. The van der Waals surface area contributed by atoms with Gasteiger partial charge in [-0.15, -0.1) is 0 Å². The maximum Gasteiger partial charge on any atom is 0.338 e. The fourth-order valence-corrected chi connectivity index (χ4v) is 1.93. The summed E-state index contributed by atoms with van der Waals surface area (Å²) in [5.74, 6) is -0.776. The molecular formula is C9H11NO4S. The molecule has 0 radical (unpaired) electrons. The summed E-state index contributed by atoms with van der Waals surface area (Å²) >= 11 is 0. The van der Waals surface area contributed by atoms with Crippen LogP contribution in [0.1, 0.15) is 15.9 Å². The summed E-state index contributed by atoms with van der Waals surface area (Å²) in [5, 5.41) is 0. The van der Waals surface area contributed by atoms with E-state index in [0.717, 1.165) is 6.26 Å². The van der Waals surface area contributed by atoms with Crippen molar-refractivity contribution < 1.29 is 17.9 Å². The smallest absolute Gasteiger partial charge is 0.338 e. The molecule has 0 aliphatic carbocycles. The Morgan fingerprint density at radius 3 is 2.73 bits per heavy atom. The van der Waals surface area contributed by atoms with Crippen LogP contribution in [-0.2, 0) is 20.3 Å². The molecule has 1 aromatic rings. The SMILES string of the molecule is COC(=O)c1ccncc1CS(C)(=O)=O. The molecule has 6 heteroatoms. The number of carbonyl (C=O) groups excluding carboxylic acids is 1. The van der Waals surface area contributed by atoms with Gasteiger partial charge in [0.1, 0.15) is 0 Å². The minimum absolute atomic E-state index is 0.217. The van der Waals surface area contributed by atoms with E-state index in [1.54, 1.807) is 0 Å². The molecule has 5 nitrogen and oxygen atoms in total. The molecule has 15 heavy (non-hydrogen) atoms. The second-order valence-corrected chi connectivity index (χ2v) is 5.23. The molecule has 1 aromatic heterocycles. The molecule has 0 N–H and O–H groups in total. The lowest BCUT2D eigenvalue weighted by atomic mass is 10.2. The van der Waals surface area contributed by atoms with E-state index in [0.29, 0.717) is 5.56 Å². The largest absolute Gasteiger partial charge is 0.465 e. The zero-order valence-electron chi connectivity index (χ0n) is 8.43. The van der Waals surface area contributed by atoms with Crippen molar-refractivity contribution in [2.45, 2.75) is 5.75 Å². The fraction of sp³-hybridized carbons (Fsp3) is 0.333. The number of carbonyl (C=O) groups is 1. The Morgan fingerprint density at radius 2 is 2.20 bits per heavy atom. The van der Waals surface area contributed by atoms with Crippen molar-refractivity contribution in [3.05, 3.63) is 29.6 Å². The maximum atomic E-state index is 11.3. The van der Waals surface area contributed by atoms with Gasteiger partial charge in [-0.3, -0.25) is 4.98 Å². The summed E-state index contributed by atoms with van der Waals surface area (Å²) in [7, 11) is -1.95. The molecule has 0 aromatic carbocycles. The predicted molar refractivity (Wildman–Crippen MR) is 54.1 cm³/mol. The van der Waals surface area contributed by atoms with Crippen molar-refractivity contribution in [2.24, 2.45) is 0 Å². The van der Waals surface area contributed by atoms with Crippen LogP contribution in [0.4, 0.5) is 0 Å². The Kier molecular flexibility index (Phi) is 3.41. The van der Waals surface area contributed by atoms with Crippen molar-refractivity contribution in [2.75, 3.05) is 13.4 Å². The lowest BCUT2D eigenvalue weighted by molar-refractivity contribution is 0.0599. The van der Waals surface area contributed by atoms with Crippen LogP contribution in [0.25, 0.3) is 0 Å². The Labute approximate surface area is 88.0 Å². The molecular weight excluding hydrogens is 218 g/mol. The van der Waals surface area contributed by atoms with Crippen LogP contribution in [0, 0.1) is 0 Å². The second-order valence-electron chi connectivity index (χ2n) is 3.09. The fourth-order valence-electron chi connectivity index (χ4n) is 1.13. The molecule has 0 saturated carbocycles. The van der Waals surface area contributed by atoms with E-state index in [9.17, 15) is 13.2 Å². The lowest BCUT2D eigenvalue weighted by Crippen LogP contribution is -2.10. The second kappa shape index (κ2) is 4.39. The Balaban J connectivity index is 3.13. The first-order chi connectivity index (χ1) is 6.94. The standard InChI is InChI=1S/C9H11NO4S/c1-14-9(11)8-3-4-10-5-7(8)6-15(2,12)13/h3-5H,6H2,1-2H3. The van der Waals surface area contributed by atoms with Gasteiger partial charge in [0.15, 0.2) is 9.84 Å². The van der Waals surface area contributed by atoms with Crippen molar-refractivity contribution >= 4 is 15.8 Å². The number of esters is 1. The van der Waals surface area contributed by atoms with E-state index in [1.165, 1.54) is 25.6 Å². The molecule has 1 rings (SSSR count). The van der Waals surface area contributed by atoms with Gasteiger partial charge in [0.05, 0.1) is 18.4 Å².